The van der Waals surface area contributed by atoms with Crippen molar-refractivity contribution in [3.8, 4) is 11.5 Å². The second-order valence-corrected chi connectivity index (χ2v) is 8.55. The number of aliphatic hydroxyl groups excluding tert-OH is 2. The molecule has 0 aromatic heterocycles. The molecule has 2 aromatic rings. The summed E-state index contributed by atoms with van der Waals surface area (Å²) in [4.78, 5) is 2.47. The molecule has 3 rings (SSSR count). The molecular weight excluding hydrogens is 390 g/mol. The number of hydrogen-bond acceptors (Lipinski definition) is 5. The smallest absolute Gasteiger partial charge is 0.118 e. The Labute approximate surface area is 186 Å². The highest BCUT2D eigenvalue weighted by Crippen LogP contribution is 2.29. The highest BCUT2D eigenvalue weighted by atomic mass is 16.5. The van der Waals surface area contributed by atoms with Gasteiger partial charge in [0.1, 0.15) is 11.5 Å². The molecule has 1 aliphatic heterocycles. The van der Waals surface area contributed by atoms with Gasteiger partial charge in [-0.25, -0.2) is 0 Å². The molecule has 1 aliphatic rings. The predicted octanol–water partition coefficient (Wildman–Crippen LogP) is 3.85. The predicted molar refractivity (Wildman–Crippen MR) is 124 cm³/mol. The van der Waals surface area contributed by atoms with E-state index >= 15 is 0 Å². The quantitative estimate of drug-likeness (QED) is 0.570. The molecule has 0 saturated carbocycles. The third-order valence-electron chi connectivity index (χ3n) is 6.50. The average Bonchev–Trinajstić information content (AvgIpc) is 2.82. The number of ether oxygens (including phenoxy) is 2. The van der Waals surface area contributed by atoms with Crippen LogP contribution in [0.1, 0.15) is 43.2 Å². The monoisotopic (exact) mass is 427 g/mol. The number of aliphatic hydroxyl groups is 2. The molecule has 1 saturated heterocycles. The Balaban J connectivity index is 1.62. The summed E-state index contributed by atoms with van der Waals surface area (Å²) in [6.45, 7) is 0.351. The van der Waals surface area contributed by atoms with Gasteiger partial charge in [0, 0.05) is 18.6 Å². The van der Waals surface area contributed by atoms with Crippen LogP contribution in [-0.2, 0) is 12.8 Å². The molecule has 5 heteroatoms. The van der Waals surface area contributed by atoms with Crippen molar-refractivity contribution in [3.63, 3.8) is 0 Å². The summed E-state index contributed by atoms with van der Waals surface area (Å²) >= 11 is 0. The molecule has 31 heavy (non-hydrogen) atoms. The molecule has 1 fully saturated rings. The lowest BCUT2D eigenvalue weighted by Gasteiger charge is -2.43. The number of β-amino-alcohol motifs (C(OH)–C–C–N with tert-alkyl or cyclic N) is 1. The van der Waals surface area contributed by atoms with E-state index in [1.54, 1.807) is 14.2 Å². The maximum atomic E-state index is 10.2. The summed E-state index contributed by atoms with van der Waals surface area (Å²) in [5, 5.41) is 19.7. The van der Waals surface area contributed by atoms with Crippen LogP contribution in [0, 0.1) is 0 Å². The fourth-order valence-electron chi connectivity index (χ4n) is 4.69. The third-order valence-corrected chi connectivity index (χ3v) is 6.50. The summed E-state index contributed by atoms with van der Waals surface area (Å²) in [7, 11) is 3.38. The van der Waals surface area contributed by atoms with Crippen LogP contribution in [0.4, 0.5) is 0 Å². The highest BCUT2D eigenvalue weighted by molar-refractivity contribution is 5.28. The molecule has 1 heterocycles. The van der Waals surface area contributed by atoms with Crippen molar-refractivity contribution in [2.75, 3.05) is 27.4 Å². The van der Waals surface area contributed by atoms with Gasteiger partial charge in [-0.15, -0.1) is 0 Å². The lowest BCUT2D eigenvalue weighted by atomic mass is 9.88. The zero-order valence-electron chi connectivity index (χ0n) is 18.9. The van der Waals surface area contributed by atoms with Crippen LogP contribution in [0.15, 0.2) is 48.5 Å². The molecular formula is C26H37NO4. The number of methoxy groups -OCH3 is 2. The van der Waals surface area contributed by atoms with E-state index in [1.807, 2.05) is 24.3 Å². The molecule has 0 radical (unpaired) electrons. The minimum Gasteiger partial charge on any atom is -0.497 e. The Morgan fingerprint density at radius 2 is 1.29 bits per heavy atom. The van der Waals surface area contributed by atoms with Gasteiger partial charge in [-0.2, -0.15) is 0 Å². The molecule has 0 bridgehead atoms. The largest absolute Gasteiger partial charge is 0.497 e. The van der Waals surface area contributed by atoms with Crippen molar-refractivity contribution in [1.82, 2.24) is 4.90 Å². The van der Waals surface area contributed by atoms with E-state index in [4.69, 9.17) is 9.47 Å². The number of hydrogen-bond donors (Lipinski definition) is 2. The van der Waals surface area contributed by atoms with Crippen molar-refractivity contribution in [3.05, 3.63) is 59.7 Å². The Hall–Kier alpha value is -2.08. The molecule has 3 atom stereocenters. The van der Waals surface area contributed by atoms with Gasteiger partial charge in [-0.3, -0.25) is 4.90 Å². The zero-order chi connectivity index (χ0) is 22.1. The fourth-order valence-corrected chi connectivity index (χ4v) is 4.69. The van der Waals surface area contributed by atoms with E-state index in [1.165, 1.54) is 17.5 Å². The number of piperidine rings is 1. The van der Waals surface area contributed by atoms with Gasteiger partial charge in [-0.1, -0.05) is 30.7 Å². The number of aryl methyl sites for hydroxylation is 2. The van der Waals surface area contributed by atoms with Crippen molar-refractivity contribution in [2.45, 2.75) is 63.1 Å². The highest BCUT2D eigenvalue weighted by Gasteiger charge is 2.31. The van der Waals surface area contributed by atoms with Gasteiger partial charge in [0.25, 0.3) is 0 Å². The van der Waals surface area contributed by atoms with Crippen LogP contribution >= 0.6 is 0 Å². The number of likely N-dealkylation sites (tertiary alicyclic amines) is 1. The van der Waals surface area contributed by atoms with Crippen LogP contribution in [-0.4, -0.2) is 60.7 Å². The Morgan fingerprint density at radius 1 is 0.839 bits per heavy atom. The standard InChI is InChI=1S/C26H37NO4/c1-30-25-14-8-20(9-15-25)6-12-22-4-3-5-23(27(22)18-24(29)19-28)13-7-21-10-16-26(31-2)17-11-21/h8-11,14-17,22-24,28-29H,3-7,12-13,18-19H2,1-2H3/t22-,23+,24-/m1/s1. The Bertz CT molecular complexity index is 702. The van der Waals surface area contributed by atoms with Crippen molar-refractivity contribution < 1.29 is 19.7 Å². The minimum absolute atomic E-state index is 0.188. The van der Waals surface area contributed by atoms with Crippen molar-refractivity contribution in [2.24, 2.45) is 0 Å². The van der Waals surface area contributed by atoms with Gasteiger partial charge in [-0.05, 0) is 73.9 Å². The fraction of sp³-hybridized carbons (Fsp3) is 0.538. The maximum absolute atomic E-state index is 10.2. The summed E-state index contributed by atoms with van der Waals surface area (Å²) in [6.07, 6.45) is 6.95. The van der Waals surface area contributed by atoms with E-state index in [0.29, 0.717) is 18.6 Å². The van der Waals surface area contributed by atoms with E-state index in [-0.39, 0.29) is 6.61 Å². The molecule has 5 nitrogen and oxygen atoms in total. The molecule has 2 aromatic carbocycles. The molecule has 0 aliphatic carbocycles. The summed E-state index contributed by atoms with van der Waals surface area (Å²) in [6, 6.07) is 17.5. The minimum atomic E-state index is -0.690. The molecule has 0 amide bonds. The lowest BCUT2D eigenvalue weighted by molar-refractivity contribution is 0.00214. The summed E-state index contributed by atoms with van der Waals surface area (Å²) in [5.41, 5.74) is 2.62. The van der Waals surface area contributed by atoms with Gasteiger partial charge < -0.3 is 19.7 Å². The number of rotatable bonds is 11. The first-order valence-corrected chi connectivity index (χ1v) is 11.4. The van der Waals surface area contributed by atoms with Crippen LogP contribution < -0.4 is 9.47 Å². The normalized spacial score (nSPS) is 20.4. The van der Waals surface area contributed by atoms with Crippen molar-refractivity contribution >= 4 is 0 Å². The topological polar surface area (TPSA) is 62.2 Å². The van der Waals surface area contributed by atoms with E-state index in [2.05, 4.69) is 29.2 Å². The number of nitrogens with zero attached hydrogens (tertiary/aromatic N) is 1. The first-order chi connectivity index (χ1) is 15.1. The molecule has 0 spiro atoms. The Kier molecular flexibility index (Phi) is 9.19. The van der Waals surface area contributed by atoms with Gasteiger partial charge in [0.2, 0.25) is 0 Å². The van der Waals surface area contributed by atoms with E-state index < -0.39 is 6.10 Å². The maximum Gasteiger partial charge on any atom is 0.118 e. The third kappa shape index (κ3) is 6.96. The summed E-state index contributed by atoms with van der Waals surface area (Å²) in [5.74, 6) is 1.76. The zero-order valence-corrected chi connectivity index (χ0v) is 18.9. The van der Waals surface area contributed by atoms with E-state index in [9.17, 15) is 10.2 Å². The van der Waals surface area contributed by atoms with Crippen LogP contribution in [0.5, 0.6) is 11.5 Å². The first-order valence-electron chi connectivity index (χ1n) is 11.4. The lowest BCUT2D eigenvalue weighted by Crippen LogP contribution is -2.50. The second kappa shape index (κ2) is 12.1. The SMILES string of the molecule is COc1ccc(CC[C@H]2CCC[C@@H](CCc3ccc(OC)cc3)N2C[C@@H](O)CO)cc1. The molecule has 2 N–H and O–H groups in total. The Morgan fingerprint density at radius 3 is 1.68 bits per heavy atom. The van der Waals surface area contributed by atoms with Crippen LogP contribution in [0.25, 0.3) is 0 Å². The second-order valence-electron chi connectivity index (χ2n) is 8.55. The van der Waals surface area contributed by atoms with Gasteiger partial charge in [0.15, 0.2) is 0 Å². The van der Waals surface area contributed by atoms with Gasteiger partial charge in [0.05, 0.1) is 26.9 Å². The molecule has 170 valence electrons. The average molecular weight is 428 g/mol. The number of benzene rings is 2. The van der Waals surface area contributed by atoms with Crippen LogP contribution in [0.3, 0.4) is 0 Å². The van der Waals surface area contributed by atoms with Gasteiger partial charge >= 0.3 is 0 Å². The van der Waals surface area contributed by atoms with Crippen LogP contribution in [0.2, 0.25) is 0 Å². The summed E-state index contributed by atoms with van der Waals surface area (Å²) < 4.78 is 10.5. The van der Waals surface area contributed by atoms with E-state index in [0.717, 1.165) is 50.0 Å². The van der Waals surface area contributed by atoms with Crippen molar-refractivity contribution in [1.29, 1.82) is 0 Å². The first kappa shape index (κ1) is 23.6. The molecule has 0 unspecified atom stereocenters.